The molecule has 2 aliphatic heterocycles. The molecule has 184 valence electrons. The fourth-order valence-electron chi connectivity index (χ4n) is 5.10. The minimum Gasteiger partial charge on any atom is -0.466 e. The molecule has 1 saturated carbocycles. The average Bonchev–Trinajstić information content (AvgIpc) is 3.25. The maximum atomic E-state index is 13.8. The molecule has 32 heavy (non-hydrogen) atoms. The molecular weight excluding hydrogens is 412 g/mol. The van der Waals surface area contributed by atoms with Crippen molar-refractivity contribution in [2.75, 3.05) is 40.0 Å². The molecule has 0 amide bonds. The first-order chi connectivity index (χ1) is 15.2. The predicted octanol–water partition coefficient (Wildman–Crippen LogP) is 2.94. The Hall–Kier alpha value is -1.22. The Morgan fingerprint density at radius 2 is 1.62 bits per heavy atom. The van der Waals surface area contributed by atoms with Gasteiger partial charge in [-0.25, -0.2) is 9.69 Å². The van der Waals surface area contributed by atoms with Crippen LogP contribution in [0, 0.1) is 5.92 Å². The first-order valence-corrected chi connectivity index (χ1v) is 12.3. The van der Waals surface area contributed by atoms with E-state index in [0.29, 0.717) is 13.2 Å². The van der Waals surface area contributed by atoms with Gasteiger partial charge in [-0.2, -0.15) is 0 Å². The van der Waals surface area contributed by atoms with Crippen LogP contribution in [0.5, 0.6) is 0 Å². The summed E-state index contributed by atoms with van der Waals surface area (Å²) in [7, 11) is 1.69. The van der Waals surface area contributed by atoms with Crippen molar-refractivity contribution >= 4 is 11.9 Å². The van der Waals surface area contributed by atoms with E-state index in [9.17, 15) is 9.59 Å². The Bertz CT molecular complexity index is 637. The van der Waals surface area contributed by atoms with Crippen molar-refractivity contribution in [1.82, 2.24) is 9.80 Å². The van der Waals surface area contributed by atoms with Crippen molar-refractivity contribution in [2.24, 2.45) is 5.92 Å². The summed E-state index contributed by atoms with van der Waals surface area (Å²) in [6.45, 7) is 10.8. The van der Waals surface area contributed by atoms with E-state index in [2.05, 4.69) is 9.80 Å². The lowest BCUT2D eigenvalue weighted by Gasteiger charge is -2.55. The third kappa shape index (κ3) is 5.64. The molecule has 1 unspecified atom stereocenters. The molecule has 8 heteroatoms. The molecule has 3 aliphatic rings. The largest absolute Gasteiger partial charge is 0.466 e. The van der Waals surface area contributed by atoms with Crippen LogP contribution in [0.2, 0.25) is 0 Å². The number of esters is 2. The number of methoxy groups -OCH3 is 1. The van der Waals surface area contributed by atoms with Gasteiger partial charge in [-0.15, -0.1) is 0 Å². The summed E-state index contributed by atoms with van der Waals surface area (Å²) in [5, 5.41) is 0. The summed E-state index contributed by atoms with van der Waals surface area (Å²) >= 11 is 0. The Morgan fingerprint density at radius 3 is 2.12 bits per heavy atom. The summed E-state index contributed by atoms with van der Waals surface area (Å²) in [4.78, 5) is 30.3. The zero-order chi connectivity index (χ0) is 23.4. The minimum atomic E-state index is -1.24. The van der Waals surface area contributed by atoms with Crippen molar-refractivity contribution < 1.29 is 28.5 Å². The van der Waals surface area contributed by atoms with Crippen LogP contribution in [-0.2, 0) is 28.5 Å². The van der Waals surface area contributed by atoms with Gasteiger partial charge in [-0.1, -0.05) is 0 Å². The Kier molecular flexibility index (Phi) is 8.58. The van der Waals surface area contributed by atoms with Crippen molar-refractivity contribution in [3.63, 3.8) is 0 Å². The number of rotatable bonds is 9. The molecule has 0 aromatic rings. The van der Waals surface area contributed by atoms with E-state index in [1.165, 1.54) is 0 Å². The number of carbonyl (C=O) groups is 2. The second-order valence-electron chi connectivity index (χ2n) is 10.2. The lowest BCUT2D eigenvalue weighted by molar-refractivity contribution is -0.301. The second kappa shape index (κ2) is 10.8. The molecule has 0 aromatic carbocycles. The lowest BCUT2D eigenvalue weighted by Crippen LogP contribution is -2.74. The zero-order valence-corrected chi connectivity index (χ0v) is 20.6. The van der Waals surface area contributed by atoms with Crippen LogP contribution in [0.15, 0.2) is 0 Å². The molecule has 3 fully saturated rings. The lowest BCUT2D eigenvalue weighted by atomic mass is 9.87. The fraction of sp³-hybridized carbons (Fsp3) is 0.917. The third-order valence-electron chi connectivity index (χ3n) is 6.72. The Morgan fingerprint density at radius 1 is 0.969 bits per heavy atom. The van der Waals surface area contributed by atoms with Crippen LogP contribution in [0.4, 0.5) is 0 Å². The maximum Gasteiger partial charge on any atom is 0.371 e. The summed E-state index contributed by atoms with van der Waals surface area (Å²) in [6.07, 6.45) is 5.81. The van der Waals surface area contributed by atoms with E-state index in [0.717, 1.165) is 64.6 Å². The van der Waals surface area contributed by atoms with Crippen LogP contribution in [-0.4, -0.2) is 85.3 Å². The van der Waals surface area contributed by atoms with Gasteiger partial charge in [0.05, 0.1) is 25.2 Å². The van der Waals surface area contributed by atoms with Gasteiger partial charge in [-0.3, -0.25) is 9.69 Å². The van der Waals surface area contributed by atoms with E-state index in [1.54, 1.807) is 7.11 Å². The topological polar surface area (TPSA) is 77.5 Å². The van der Waals surface area contributed by atoms with Crippen LogP contribution in [0.1, 0.15) is 72.6 Å². The third-order valence-corrected chi connectivity index (χ3v) is 6.72. The minimum absolute atomic E-state index is 0.0808. The summed E-state index contributed by atoms with van der Waals surface area (Å²) < 4.78 is 23.4. The van der Waals surface area contributed by atoms with Gasteiger partial charge in [0.25, 0.3) is 5.85 Å². The number of hydrogen-bond acceptors (Lipinski definition) is 8. The van der Waals surface area contributed by atoms with Gasteiger partial charge in [-0.05, 0) is 72.6 Å². The first kappa shape index (κ1) is 25.4. The predicted molar refractivity (Wildman–Crippen MR) is 120 cm³/mol. The fourth-order valence-corrected chi connectivity index (χ4v) is 5.10. The normalized spacial score (nSPS) is 29.2. The van der Waals surface area contributed by atoms with Gasteiger partial charge >= 0.3 is 11.9 Å². The molecule has 0 N–H and O–H groups in total. The molecule has 0 aromatic heterocycles. The van der Waals surface area contributed by atoms with Crippen LogP contribution in [0.25, 0.3) is 0 Å². The smallest absolute Gasteiger partial charge is 0.371 e. The van der Waals surface area contributed by atoms with Crippen LogP contribution < -0.4 is 0 Å². The highest BCUT2D eigenvalue weighted by Crippen LogP contribution is 2.40. The van der Waals surface area contributed by atoms with Crippen LogP contribution in [0.3, 0.4) is 0 Å². The Labute approximate surface area is 192 Å². The molecule has 1 aliphatic carbocycles. The number of ether oxygens (including phenoxy) is 4. The maximum absolute atomic E-state index is 13.8. The molecule has 3 rings (SSSR count). The highest BCUT2D eigenvalue weighted by atomic mass is 16.6. The standard InChI is InChI=1S/C24H42N2O6/c1-6-30-21(27)18-9-11-20(12-10-18)31-24(25-14-7-8-15-25,22(28)32-23(2,3)4)26-16-13-19(26)17-29-5/h18-20H,6-17H2,1-5H3/t18?,19-,20?,24?/m0/s1. The van der Waals surface area contributed by atoms with Gasteiger partial charge in [0.2, 0.25) is 0 Å². The average molecular weight is 455 g/mol. The first-order valence-electron chi connectivity index (χ1n) is 12.3. The molecule has 2 saturated heterocycles. The number of nitrogens with zero attached hydrogens (tertiary/aromatic N) is 2. The van der Waals surface area contributed by atoms with E-state index in [1.807, 2.05) is 27.7 Å². The molecular formula is C24H42N2O6. The quantitative estimate of drug-likeness (QED) is 0.492. The number of carbonyl (C=O) groups excluding carboxylic acids is 2. The van der Waals surface area contributed by atoms with E-state index in [4.69, 9.17) is 18.9 Å². The molecule has 0 radical (unpaired) electrons. The number of likely N-dealkylation sites (tertiary alicyclic amines) is 2. The molecule has 0 bridgehead atoms. The van der Waals surface area contributed by atoms with Gasteiger partial charge < -0.3 is 18.9 Å². The molecule has 2 atom stereocenters. The summed E-state index contributed by atoms with van der Waals surface area (Å²) in [5.74, 6) is -1.78. The second-order valence-corrected chi connectivity index (χ2v) is 10.2. The van der Waals surface area contributed by atoms with E-state index >= 15 is 0 Å². The van der Waals surface area contributed by atoms with Gasteiger partial charge in [0.15, 0.2) is 0 Å². The van der Waals surface area contributed by atoms with Crippen molar-refractivity contribution in [2.45, 2.75) is 96.2 Å². The van der Waals surface area contributed by atoms with Crippen molar-refractivity contribution in [3.05, 3.63) is 0 Å². The summed E-state index contributed by atoms with van der Waals surface area (Å²) in [5.41, 5.74) is -0.616. The van der Waals surface area contributed by atoms with Gasteiger partial charge in [0, 0.05) is 32.8 Å². The molecule has 2 heterocycles. The van der Waals surface area contributed by atoms with E-state index < -0.39 is 11.4 Å². The Balaban J connectivity index is 1.84. The summed E-state index contributed by atoms with van der Waals surface area (Å²) in [6, 6.07) is 0.115. The SMILES string of the molecule is CCOC(=O)C1CCC(OC(C(=O)OC(C)(C)C)(N2CCCC2)N2CC[C@H]2COC)CC1. The van der Waals surface area contributed by atoms with Crippen LogP contribution >= 0.6 is 0 Å². The molecule has 8 nitrogen and oxygen atoms in total. The highest BCUT2D eigenvalue weighted by molar-refractivity contribution is 5.79. The number of hydrogen-bond donors (Lipinski definition) is 0. The zero-order valence-electron chi connectivity index (χ0n) is 20.6. The van der Waals surface area contributed by atoms with Crippen molar-refractivity contribution in [3.8, 4) is 0 Å². The monoisotopic (exact) mass is 454 g/mol. The van der Waals surface area contributed by atoms with Gasteiger partial charge in [0.1, 0.15) is 5.60 Å². The van der Waals surface area contributed by atoms with Crippen molar-refractivity contribution in [1.29, 1.82) is 0 Å². The highest BCUT2D eigenvalue weighted by Gasteiger charge is 2.59. The molecule has 0 spiro atoms. The van der Waals surface area contributed by atoms with E-state index in [-0.39, 0.29) is 30.0 Å².